The highest BCUT2D eigenvalue weighted by atomic mass is 16.3. The van der Waals surface area contributed by atoms with Crippen molar-refractivity contribution in [3.63, 3.8) is 0 Å². The average Bonchev–Trinajstić information content (AvgIpc) is 3.54. The van der Waals surface area contributed by atoms with Crippen LogP contribution in [-0.2, 0) is 10.8 Å². The topological polar surface area (TPSA) is 19.6 Å². The van der Waals surface area contributed by atoms with Crippen LogP contribution in [0, 0.1) is 6.92 Å². The first-order chi connectivity index (χ1) is 26.5. The van der Waals surface area contributed by atoms with Crippen LogP contribution in [0.25, 0.3) is 44.2 Å². The summed E-state index contributed by atoms with van der Waals surface area (Å²) in [6.07, 6.45) is 0. The maximum Gasteiger partial charge on any atom is 0.333 e. The molecule has 10 rings (SSSR count). The van der Waals surface area contributed by atoms with Gasteiger partial charge in [-0.05, 0) is 111 Å². The molecule has 0 N–H and O–H groups in total. The molecule has 3 heterocycles. The Bertz CT molecular complexity index is 2800. The Morgan fingerprint density at radius 2 is 1.18 bits per heavy atom. The van der Waals surface area contributed by atoms with E-state index in [1.165, 1.54) is 78.3 Å². The van der Waals surface area contributed by atoms with Crippen LogP contribution in [0.5, 0.6) is 0 Å². The maximum absolute atomic E-state index is 6.68. The van der Waals surface area contributed by atoms with Crippen molar-refractivity contribution in [1.82, 2.24) is 0 Å². The largest absolute Gasteiger partial charge is 0.456 e. The van der Waals surface area contributed by atoms with E-state index in [-0.39, 0.29) is 17.7 Å². The van der Waals surface area contributed by atoms with Gasteiger partial charge in [0.1, 0.15) is 11.2 Å². The van der Waals surface area contributed by atoms with Crippen molar-refractivity contribution >= 4 is 68.1 Å². The lowest BCUT2D eigenvalue weighted by Gasteiger charge is -2.46. The van der Waals surface area contributed by atoms with Gasteiger partial charge in [-0.3, -0.25) is 0 Å². The minimum Gasteiger partial charge on any atom is -0.456 e. The van der Waals surface area contributed by atoms with Gasteiger partial charge < -0.3 is 14.1 Å². The van der Waals surface area contributed by atoms with Gasteiger partial charge in [0.15, 0.2) is 0 Å². The van der Waals surface area contributed by atoms with Gasteiger partial charge in [0.05, 0.1) is 5.69 Å². The highest BCUT2D eigenvalue weighted by Crippen LogP contribution is 2.50. The lowest BCUT2D eigenvalue weighted by Crippen LogP contribution is -2.61. The Balaban J connectivity index is 1.33. The summed E-state index contributed by atoms with van der Waals surface area (Å²) in [6, 6.07) is 54.2. The van der Waals surface area contributed by atoms with E-state index in [4.69, 9.17) is 4.42 Å². The molecule has 0 atom stereocenters. The number of furan rings is 1. The summed E-state index contributed by atoms with van der Waals surface area (Å²) in [5.74, 6) is 0. The maximum atomic E-state index is 6.68. The molecule has 0 amide bonds. The summed E-state index contributed by atoms with van der Waals surface area (Å²) < 4.78 is 6.68. The van der Waals surface area contributed by atoms with Crippen LogP contribution in [0.3, 0.4) is 0 Å². The summed E-state index contributed by atoms with van der Waals surface area (Å²) in [6.45, 7) is 15.9. The summed E-state index contributed by atoms with van der Waals surface area (Å²) in [5.41, 5.74) is 19.2. The number of para-hydroxylation sites is 2. The van der Waals surface area contributed by atoms with E-state index in [1.807, 2.05) is 0 Å². The minimum atomic E-state index is -0.0983. The Labute approximate surface area is 325 Å². The van der Waals surface area contributed by atoms with Crippen LogP contribution in [0.4, 0.5) is 28.4 Å². The van der Waals surface area contributed by atoms with Gasteiger partial charge in [-0.25, -0.2) is 0 Å². The molecule has 3 nitrogen and oxygen atoms in total. The van der Waals surface area contributed by atoms with Gasteiger partial charge in [-0.2, -0.15) is 0 Å². The first-order valence-electron chi connectivity index (χ1n) is 19.5. The highest BCUT2D eigenvalue weighted by molar-refractivity contribution is 6.93. The van der Waals surface area contributed by atoms with Gasteiger partial charge in [-0.1, -0.05) is 133 Å². The monoisotopic (exact) mass is 712 g/mol. The third-order valence-corrected chi connectivity index (χ3v) is 11.8. The lowest BCUT2D eigenvalue weighted by atomic mass is 9.43. The van der Waals surface area contributed by atoms with E-state index >= 15 is 0 Å². The van der Waals surface area contributed by atoms with Gasteiger partial charge in [-0.15, -0.1) is 0 Å². The zero-order valence-electron chi connectivity index (χ0n) is 32.7. The molecule has 268 valence electrons. The molecular formula is C51H45BN2O. The van der Waals surface area contributed by atoms with E-state index in [1.54, 1.807) is 0 Å². The Morgan fingerprint density at radius 1 is 0.491 bits per heavy atom. The van der Waals surface area contributed by atoms with Crippen LogP contribution in [-0.4, -0.2) is 6.85 Å². The zero-order chi connectivity index (χ0) is 37.8. The molecule has 0 aliphatic carbocycles. The van der Waals surface area contributed by atoms with Crippen molar-refractivity contribution in [3.8, 4) is 22.3 Å². The highest BCUT2D eigenvalue weighted by Gasteiger charge is 2.46. The number of hydrogen-bond donors (Lipinski definition) is 0. The number of benzene rings is 7. The fourth-order valence-electron chi connectivity index (χ4n) is 8.98. The van der Waals surface area contributed by atoms with Crippen LogP contribution in [0.15, 0.2) is 150 Å². The van der Waals surface area contributed by atoms with Gasteiger partial charge in [0.25, 0.3) is 0 Å². The van der Waals surface area contributed by atoms with Crippen molar-refractivity contribution in [3.05, 3.63) is 162 Å². The van der Waals surface area contributed by atoms with Crippen LogP contribution in [0.2, 0.25) is 0 Å². The predicted octanol–water partition coefficient (Wildman–Crippen LogP) is 12.9. The fraction of sp³-hybridized carbons (Fsp3) is 0.176. The van der Waals surface area contributed by atoms with Crippen molar-refractivity contribution < 1.29 is 4.42 Å². The molecule has 0 saturated carbocycles. The Morgan fingerprint density at radius 3 is 1.95 bits per heavy atom. The number of rotatable bonds is 3. The molecule has 0 unspecified atom stereocenters. The Kier molecular flexibility index (Phi) is 7.32. The second kappa shape index (κ2) is 12.0. The molecule has 0 radical (unpaired) electrons. The lowest BCUT2D eigenvalue weighted by molar-refractivity contribution is 0.590. The quantitative estimate of drug-likeness (QED) is 0.170. The molecule has 7 aromatic carbocycles. The number of fused-ring (bicyclic) bond motifs is 7. The molecule has 0 fully saturated rings. The second-order valence-electron chi connectivity index (χ2n) is 17.5. The van der Waals surface area contributed by atoms with Crippen molar-refractivity contribution in [2.75, 3.05) is 9.71 Å². The molecule has 55 heavy (non-hydrogen) atoms. The number of anilines is 5. The summed E-state index contributed by atoms with van der Waals surface area (Å²) >= 11 is 0. The molecule has 8 aromatic rings. The van der Waals surface area contributed by atoms with E-state index in [2.05, 4.69) is 204 Å². The first kappa shape index (κ1) is 33.6. The molecule has 4 heteroatoms. The third-order valence-electron chi connectivity index (χ3n) is 11.8. The van der Waals surface area contributed by atoms with Crippen LogP contribution in [0.1, 0.15) is 58.2 Å². The van der Waals surface area contributed by atoms with E-state index in [0.717, 1.165) is 21.9 Å². The average molecular weight is 713 g/mol. The zero-order valence-corrected chi connectivity index (χ0v) is 32.7. The molecule has 0 spiro atoms. The smallest absolute Gasteiger partial charge is 0.333 e. The normalized spacial score (nSPS) is 13.6. The standard InChI is InChI=1S/C51H45BN2O/c1-32-27-41-37-17-11-13-19-44(37)54(36-24-21-34(22-25-36)50(2,3)4)52-42-31-48-40(38-18-12-14-20-47(38)55-48)30-45(42)53(46(28-32)49(41)52)43-26-23-35(51(5,6)7)29-39(43)33-15-9-8-10-16-33/h8-31H,1-7H3. The number of aryl methyl sites for hydroxylation is 1. The summed E-state index contributed by atoms with van der Waals surface area (Å²) in [5, 5.41) is 2.26. The second-order valence-corrected chi connectivity index (χ2v) is 17.5. The minimum absolute atomic E-state index is 0.00984. The van der Waals surface area contributed by atoms with Gasteiger partial charge in [0.2, 0.25) is 0 Å². The van der Waals surface area contributed by atoms with E-state index in [0.29, 0.717) is 0 Å². The van der Waals surface area contributed by atoms with Crippen molar-refractivity contribution in [1.29, 1.82) is 0 Å². The van der Waals surface area contributed by atoms with E-state index in [9.17, 15) is 0 Å². The van der Waals surface area contributed by atoms with Crippen molar-refractivity contribution in [2.45, 2.75) is 59.3 Å². The molecule has 0 saturated heterocycles. The molecule has 2 aliphatic heterocycles. The number of nitrogens with zero attached hydrogens (tertiary/aromatic N) is 2. The fourth-order valence-corrected chi connectivity index (χ4v) is 8.98. The van der Waals surface area contributed by atoms with Gasteiger partial charge in [0, 0.05) is 44.6 Å². The SMILES string of the molecule is Cc1cc2c3c(c1)N(c1ccc(C(C)(C)C)cc1-c1ccccc1)c1cc4c(cc1B3N(c1ccc(C(C)(C)C)cc1)c1ccccc1-2)oc1ccccc14. The van der Waals surface area contributed by atoms with Crippen molar-refractivity contribution in [2.24, 2.45) is 0 Å². The predicted molar refractivity (Wildman–Crippen MR) is 235 cm³/mol. The van der Waals surface area contributed by atoms with Gasteiger partial charge >= 0.3 is 6.85 Å². The third kappa shape index (κ3) is 5.26. The molecule has 1 aromatic heterocycles. The van der Waals surface area contributed by atoms with E-state index < -0.39 is 0 Å². The Hall–Kier alpha value is -6.00. The summed E-state index contributed by atoms with van der Waals surface area (Å²) in [4.78, 5) is 5.14. The van der Waals surface area contributed by atoms with Crippen LogP contribution >= 0.6 is 0 Å². The molecular weight excluding hydrogens is 667 g/mol. The van der Waals surface area contributed by atoms with Crippen LogP contribution < -0.4 is 20.6 Å². The number of hydrogen-bond acceptors (Lipinski definition) is 3. The first-order valence-corrected chi connectivity index (χ1v) is 19.5. The molecule has 0 bridgehead atoms. The molecule has 2 aliphatic rings. The summed E-state index contributed by atoms with van der Waals surface area (Å²) in [7, 11) is 0.